The summed E-state index contributed by atoms with van der Waals surface area (Å²) in [5.74, 6) is 0. The number of ether oxygens (including phenoxy) is 7. The van der Waals surface area contributed by atoms with Gasteiger partial charge in [-0.3, -0.25) is 4.90 Å². The van der Waals surface area contributed by atoms with Gasteiger partial charge in [-0.1, -0.05) is 0 Å². The van der Waals surface area contributed by atoms with Crippen LogP contribution in [0.15, 0.2) is 0 Å². The van der Waals surface area contributed by atoms with E-state index in [-0.39, 0.29) is 39.1 Å². The van der Waals surface area contributed by atoms with Crippen LogP contribution in [0, 0.1) is 0 Å². The van der Waals surface area contributed by atoms with Crippen LogP contribution in [0.3, 0.4) is 0 Å². The van der Waals surface area contributed by atoms with Crippen molar-refractivity contribution in [1.82, 2.24) is 4.90 Å². The standard InChI is InChI=1S/C31H61N7O16/c32-11-3-13(34)26(53-30-18(36)24(46)22(44)15(8-40)50-30)28(20(11)42)48-2-1-38-5-10(7-39)49-17(6-38)52-29-21(43)12(33)4-14(35)27(29)54-31-19(37)25(47)23(45)16(9-41)51-31/h10-31,39-47H,1-9,32-37H2/t10?,11-,12-,13+,14+,15-,16-,17?,18-,19-,20+,21+,22-,23-,24-,25-,26-,27-,28-,29-,30-,31-/m1/s1. The fourth-order valence-corrected chi connectivity index (χ4v) is 7.73. The SMILES string of the molecule is N[C@H]1[C@@H](O[C@H]2[C@H](OCCN3CC(CO)OC(O[C@@H]4[C@@H](O)[C@H](N)C[C@H](N)[C@H]4O[C@H]4O[C@H](CO)[C@@H](O)[C@H](O)[C@H]4N)C3)[C@@H](O)[C@H](N)C[C@@H]2N)O[C@H](CO)[C@@H](O)[C@@H]1O. The second-order valence-corrected chi connectivity index (χ2v) is 14.9. The molecule has 3 saturated heterocycles. The molecule has 316 valence electrons. The third kappa shape index (κ3) is 9.67. The van der Waals surface area contributed by atoms with Gasteiger partial charge >= 0.3 is 0 Å². The molecule has 3 heterocycles. The van der Waals surface area contributed by atoms with Gasteiger partial charge in [0.25, 0.3) is 0 Å². The third-order valence-corrected chi connectivity index (χ3v) is 11.0. The van der Waals surface area contributed by atoms with Crippen LogP contribution in [0.4, 0.5) is 0 Å². The molecule has 54 heavy (non-hydrogen) atoms. The first-order valence-electron chi connectivity index (χ1n) is 18.3. The zero-order valence-electron chi connectivity index (χ0n) is 29.9. The van der Waals surface area contributed by atoms with Crippen molar-refractivity contribution in [1.29, 1.82) is 0 Å². The molecule has 23 heteroatoms. The van der Waals surface area contributed by atoms with Gasteiger partial charge in [0, 0.05) is 43.8 Å². The fourth-order valence-electron chi connectivity index (χ4n) is 7.73. The minimum atomic E-state index is -1.50. The Kier molecular flexibility index (Phi) is 15.7. The van der Waals surface area contributed by atoms with E-state index in [2.05, 4.69) is 0 Å². The molecule has 0 radical (unpaired) electrons. The van der Waals surface area contributed by atoms with Crippen molar-refractivity contribution in [3.05, 3.63) is 0 Å². The maximum atomic E-state index is 11.2. The average Bonchev–Trinajstić information content (AvgIpc) is 3.15. The lowest BCUT2D eigenvalue weighted by Gasteiger charge is -2.48. The van der Waals surface area contributed by atoms with E-state index in [1.165, 1.54) is 0 Å². The molecular weight excluding hydrogens is 726 g/mol. The van der Waals surface area contributed by atoms with Gasteiger partial charge in [0.05, 0.1) is 56.8 Å². The molecule has 2 saturated carbocycles. The summed E-state index contributed by atoms with van der Waals surface area (Å²) in [6, 6.07) is -5.62. The lowest BCUT2D eigenvalue weighted by molar-refractivity contribution is -0.316. The lowest BCUT2D eigenvalue weighted by Crippen LogP contribution is -2.68. The van der Waals surface area contributed by atoms with E-state index in [1.807, 2.05) is 4.90 Å². The fraction of sp³-hybridized carbons (Fsp3) is 1.00. The molecule has 5 fully saturated rings. The molecule has 5 aliphatic rings. The molecule has 2 aliphatic carbocycles. The van der Waals surface area contributed by atoms with Crippen LogP contribution in [-0.4, -0.2) is 231 Å². The van der Waals surface area contributed by atoms with E-state index in [1.54, 1.807) is 0 Å². The number of nitrogens with zero attached hydrogens (tertiary/aromatic N) is 1. The first kappa shape index (κ1) is 44.2. The lowest BCUT2D eigenvalue weighted by atomic mass is 9.84. The number of nitrogens with two attached hydrogens (primary N) is 6. The summed E-state index contributed by atoms with van der Waals surface area (Å²) in [4.78, 5) is 1.85. The highest BCUT2D eigenvalue weighted by molar-refractivity contribution is 5.02. The maximum Gasteiger partial charge on any atom is 0.176 e. The Hall–Kier alpha value is -0.920. The van der Waals surface area contributed by atoms with Gasteiger partial charge in [-0.05, 0) is 12.8 Å². The molecule has 22 atom stereocenters. The summed E-state index contributed by atoms with van der Waals surface area (Å²) in [5.41, 5.74) is 37.3. The van der Waals surface area contributed by atoms with Gasteiger partial charge in [-0.25, -0.2) is 0 Å². The molecule has 0 bridgehead atoms. The van der Waals surface area contributed by atoms with E-state index in [0.29, 0.717) is 0 Å². The zero-order valence-corrected chi connectivity index (χ0v) is 29.9. The van der Waals surface area contributed by atoms with Crippen LogP contribution in [0.1, 0.15) is 12.8 Å². The summed E-state index contributed by atoms with van der Waals surface area (Å²) in [7, 11) is 0. The third-order valence-electron chi connectivity index (χ3n) is 11.0. The van der Waals surface area contributed by atoms with Crippen LogP contribution in [0.2, 0.25) is 0 Å². The van der Waals surface area contributed by atoms with E-state index < -0.39 is 154 Å². The number of morpholine rings is 1. The quantitative estimate of drug-likeness (QED) is 0.0824. The predicted molar refractivity (Wildman–Crippen MR) is 181 cm³/mol. The molecule has 0 aromatic rings. The van der Waals surface area contributed by atoms with Crippen molar-refractivity contribution in [2.75, 3.05) is 46.1 Å². The molecular formula is C31H61N7O16. The van der Waals surface area contributed by atoms with E-state index >= 15 is 0 Å². The number of hydrogen-bond acceptors (Lipinski definition) is 23. The number of aliphatic hydroxyl groups is 9. The first-order valence-corrected chi connectivity index (χ1v) is 18.3. The van der Waals surface area contributed by atoms with Gasteiger partial charge in [-0.15, -0.1) is 0 Å². The predicted octanol–water partition coefficient (Wildman–Crippen LogP) is -10.1. The van der Waals surface area contributed by atoms with E-state index in [9.17, 15) is 46.0 Å². The summed E-state index contributed by atoms with van der Waals surface area (Å²) in [6.07, 6.45) is -19.5. The highest BCUT2D eigenvalue weighted by Crippen LogP contribution is 2.32. The van der Waals surface area contributed by atoms with E-state index in [4.69, 9.17) is 67.6 Å². The number of rotatable bonds is 13. The molecule has 21 N–H and O–H groups in total. The largest absolute Gasteiger partial charge is 0.394 e. The Labute approximate surface area is 311 Å². The van der Waals surface area contributed by atoms with Crippen LogP contribution in [-0.2, 0) is 33.2 Å². The smallest absolute Gasteiger partial charge is 0.176 e. The molecule has 0 aromatic carbocycles. The summed E-state index contributed by atoms with van der Waals surface area (Å²) < 4.78 is 41.7. The van der Waals surface area contributed by atoms with Crippen LogP contribution >= 0.6 is 0 Å². The molecule has 3 aliphatic heterocycles. The summed E-state index contributed by atoms with van der Waals surface area (Å²) >= 11 is 0. The van der Waals surface area contributed by atoms with Crippen molar-refractivity contribution in [3.63, 3.8) is 0 Å². The second kappa shape index (κ2) is 19.2. The van der Waals surface area contributed by atoms with Crippen molar-refractivity contribution in [2.24, 2.45) is 34.4 Å². The van der Waals surface area contributed by atoms with Gasteiger partial charge in [-0.2, -0.15) is 0 Å². The summed E-state index contributed by atoms with van der Waals surface area (Å²) in [6.45, 7) is -1.13. The topological polar surface area (TPSA) is 406 Å². The van der Waals surface area contributed by atoms with Crippen molar-refractivity contribution >= 4 is 0 Å². The van der Waals surface area contributed by atoms with Crippen LogP contribution in [0.25, 0.3) is 0 Å². The maximum absolute atomic E-state index is 11.2. The molecule has 0 aromatic heterocycles. The molecule has 5 rings (SSSR count). The highest BCUT2D eigenvalue weighted by atomic mass is 16.7. The Morgan fingerprint density at radius 3 is 1.48 bits per heavy atom. The Balaban J connectivity index is 1.23. The molecule has 23 nitrogen and oxygen atoms in total. The van der Waals surface area contributed by atoms with Crippen molar-refractivity contribution < 1.29 is 79.1 Å². The molecule has 0 amide bonds. The van der Waals surface area contributed by atoms with Crippen molar-refractivity contribution in [3.8, 4) is 0 Å². The Morgan fingerprint density at radius 1 is 0.519 bits per heavy atom. The normalized spacial score (nSPS) is 50.9. The van der Waals surface area contributed by atoms with Crippen LogP contribution < -0.4 is 34.4 Å². The molecule has 2 unspecified atom stereocenters. The second-order valence-electron chi connectivity index (χ2n) is 14.9. The van der Waals surface area contributed by atoms with Crippen molar-refractivity contribution in [2.45, 2.75) is 147 Å². The number of aliphatic hydroxyl groups excluding tert-OH is 9. The van der Waals surface area contributed by atoms with E-state index in [0.717, 1.165) is 0 Å². The van der Waals surface area contributed by atoms with Gasteiger partial charge < -0.3 is 114 Å². The molecule has 0 spiro atoms. The number of hydrogen-bond donors (Lipinski definition) is 15. The summed E-state index contributed by atoms with van der Waals surface area (Å²) in [5, 5.41) is 92.8. The monoisotopic (exact) mass is 787 g/mol. The highest BCUT2D eigenvalue weighted by Gasteiger charge is 2.51. The van der Waals surface area contributed by atoms with Gasteiger partial charge in [0.1, 0.15) is 61.0 Å². The minimum absolute atomic E-state index is 0.0191. The Morgan fingerprint density at radius 2 is 1.00 bits per heavy atom. The zero-order chi connectivity index (χ0) is 39.6. The first-order chi connectivity index (χ1) is 25.6. The Bertz CT molecular complexity index is 1160. The van der Waals surface area contributed by atoms with Gasteiger partial charge in [0.15, 0.2) is 18.9 Å². The minimum Gasteiger partial charge on any atom is -0.394 e. The average molecular weight is 788 g/mol. The van der Waals surface area contributed by atoms with Crippen LogP contribution in [0.5, 0.6) is 0 Å². The van der Waals surface area contributed by atoms with Gasteiger partial charge in [0.2, 0.25) is 0 Å².